The smallest absolute Gasteiger partial charge is 0.403 e. The maximum atomic E-state index is 13.5. The number of benzene rings is 1. The molecule has 4 rings (SSSR count). The highest BCUT2D eigenvalue weighted by Gasteiger charge is 2.33. The molecule has 1 amide bonds. The minimum atomic E-state index is -4.98. The maximum absolute atomic E-state index is 13.5. The molecule has 3 aromatic heterocycles. The maximum Gasteiger partial charge on any atom is 0.573 e. The molecule has 0 unspecified atom stereocenters. The molecule has 0 saturated carbocycles. The highest BCUT2D eigenvalue weighted by atomic mass is 19.4. The van der Waals surface area contributed by atoms with Gasteiger partial charge in [-0.3, -0.25) is 4.79 Å². The van der Waals surface area contributed by atoms with E-state index in [9.17, 15) is 18.0 Å². The molecule has 2 N–H and O–H groups in total. The van der Waals surface area contributed by atoms with Gasteiger partial charge in [-0.2, -0.15) is 5.10 Å². The van der Waals surface area contributed by atoms with E-state index in [4.69, 9.17) is 0 Å². The average Bonchev–Trinajstić information content (AvgIpc) is 3.36. The molecule has 0 radical (unpaired) electrons. The van der Waals surface area contributed by atoms with E-state index in [1.165, 1.54) is 30.4 Å². The first kappa shape index (κ1) is 30.1. The van der Waals surface area contributed by atoms with Gasteiger partial charge < -0.3 is 25.2 Å². The van der Waals surface area contributed by atoms with Crippen LogP contribution in [-0.4, -0.2) is 71.0 Å². The van der Waals surface area contributed by atoms with Gasteiger partial charge >= 0.3 is 6.36 Å². The van der Waals surface area contributed by atoms with Crippen molar-refractivity contribution in [3.8, 4) is 17.0 Å². The Balaban J connectivity index is 1.79. The van der Waals surface area contributed by atoms with Gasteiger partial charge in [-0.05, 0) is 44.8 Å². The van der Waals surface area contributed by atoms with Gasteiger partial charge in [-0.1, -0.05) is 24.8 Å². The van der Waals surface area contributed by atoms with E-state index in [0.717, 1.165) is 16.6 Å². The van der Waals surface area contributed by atoms with Crippen molar-refractivity contribution in [2.75, 3.05) is 49.8 Å². The quantitative estimate of drug-likeness (QED) is 0.179. The van der Waals surface area contributed by atoms with Crippen molar-refractivity contribution in [3.05, 3.63) is 79.3 Å². The second-order valence-electron chi connectivity index (χ2n) is 9.66. The third-order valence-electron chi connectivity index (χ3n) is 6.16. The van der Waals surface area contributed by atoms with Gasteiger partial charge in [-0.25, -0.2) is 14.5 Å². The Morgan fingerprint density at radius 1 is 1.14 bits per heavy atom. The van der Waals surface area contributed by atoms with Crippen molar-refractivity contribution in [1.29, 1.82) is 0 Å². The highest BCUT2D eigenvalue weighted by molar-refractivity contribution is 6.02. The lowest BCUT2D eigenvalue weighted by molar-refractivity contribution is -0.274. The lowest BCUT2D eigenvalue weighted by Crippen LogP contribution is -2.29. The number of aryl methyl sites for hydroxylation is 1. The van der Waals surface area contributed by atoms with Crippen LogP contribution in [0, 0.1) is 6.92 Å². The topological polar surface area (TPSA) is 99.9 Å². The SMILES string of the molecule is C=C/C=C\C(=O)Nc1cc(Nc2ncc(C)c(-c3cnn4ccccc34)n2)c(OC(F)(F)F)cc1N(C)CCN(C)C. The van der Waals surface area contributed by atoms with Crippen LogP contribution in [0.25, 0.3) is 16.8 Å². The number of hydrogen-bond acceptors (Lipinski definition) is 8. The first-order valence-corrected chi connectivity index (χ1v) is 12.9. The van der Waals surface area contributed by atoms with Gasteiger partial charge in [0.05, 0.1) is 34.5 Å². The van der Waals surface area contributed by atoms with Crippen LogP contribution >= 0.6 is 0 Å². The molecule has 10 nitrogen and oxygen atoms in total. The molecule has 0 aliphatic carbocycles. The molecule has 0 fully saturated rings. The summed E-state index contributed by atoms with van der Waals surface area (Å²) < 4.78 is 46.8. The highest BCUT2D eigenvalue weighted by Crippen LogP contribution is 2.40. The Hall–Kier alpha value is -4.91. The number of aromatic nitrogens is 4. The van der Waals surface area contributed by atoms with Crippen LogP contribution in [-0.2, 0) is 4.79 Å². The lowest BCUT2D eigenvalue weighted by atomic mass is 10.1. The molecule has 0 bridgehead atoms. The second-order valence-corrected chi connectivity index (χ2v) is 9.66. The molecule has 220 valence electrons. The summed E-state index contributed by atoms with van der Waals surface area (Å²) >= 11 is 0. The number of alkyl halides is 3. The number of anilines is 4. The van der Waals surface area contributed by atoms with E-state index in [1.54, 1.807) is 35.1 Å². The molecule has 0 saturated heterocycles. The number of nitrogens with zero attached hydrogens (tertiary/aromatic N) is 6. The fraction of sp³-hybridized carbons (Fsp3) is 0.241. The molecule has 3 heterocycles. The molecule has 0 aliphatic rings. The Bertz CT molecular complexity index is 1610. The van der Waals surface area contributed by atoms with Crippen molar-refractivity contribution in [2.24, 2.45) is 0 Å². The predicted molar refractivity (Wildman–Crippen MR) is 157 cm³/mol. The zero-order valence-electron chi connectivity index (χ0n) is 23.6. The van der Waals surface area contributed by atoms with E-state index < -0.39 is 18.0 Å². The minimum Gasteiger partial charge on any atom is -0.403 e. The van der Waals surface area contributed by atoms with Crippen molar-refractivity contribution in [1.82, 2.24) is 24.5 Å². The number of pyridine rings is 1. The summed E-state index contributed by atoms with van der Waals surface area (Å²) in [7, 11) is 5.47. The fourth-order valence-electron chi connectivity index (χ4n) is 4.10. The number of fused-ring (bicyclic) bond motifs is 1. The van der Waals surface area contributed by atoms with Crippen LogP contribution in [0.1, 0.15) is 5.56 Å². The number of hydrogen-bond donors (Lipinski definition) is 2. The van der Waals surface area contributed by atoms with Gasteiger partial charge in [-0.15, -0.1) is 13.2 Å². The van der Waals surface area contributed by atoms with Gasteiger partial charge in [0.15, 0.2) is 5.75 Å². The molecular weight excluding hydrogens is 549 g/mol. The molecule has 0 aliphatic heterocycles. The zero-order chi connectivity index (χ0) is 30.4. The number of carbonyl (C=O) groups excluding carboxylic acids is 1. The van der Waals surface area contributed by atoms with Crippen LogP contribution in [0.4, 0.5) is 36.2 Å². The van der Waals surface area contributed by atoms with Gasteiger partial charge in [0.1, 0.15) is 0 Å². The summed E-state index contributed by atoms with van der Waals surface area (Å²) in [6.45, 7) is 6.44. The number of allylic oxidation sites excluding steroid dienone is 2. The standard InChI is InChI=1S/C29H31F3N8O2/c1-6-7-11-26(41)35-21-15-22(25(42-29(30,31)32)16-24(21)39(5)14-13-38(3)4)36-28-33-17-19(2)27(37-28)20-18-34-40-12-9-8-10-23(20)40/h6-12,15-18H,1,13-14H2,2-5H3,(H,35,41)(H,33,36,37)/b11-7-. The Morgan fingerprint density at radius 3 is 2.64 bits per heavy atom. The number of amides is 1. The Morgan fingerprint density at radius 2 is 1.93 bits per heavy atom. The number of ether oxygens (including phenoxy) is 1. The lowest BCUT2D eigenvalue weighted by Gasteiger charge is -2.26. The summed E-state index contributed by atoms with van der Waals surface area (Å²) in [6, 6.07) is 8.18. The van der Waals surface area contributed by atoms with Gasteiger partial charge in [0.2, 0.25) is 11.9 Å². The summed E-state index contributed by atoms with van der Waals surface area (Å²) in [6.07, 6.45) is 4.19. The van der Waals surface area contributed by atoms with Gasteiger partial charge in [0.25, 0.3) is 0 Å². The summed E-state index contributed by atoms with van der Waals surface area (Å²) in [5, 5.41) is 9.94. The first-order chi connectivity index (χ1) is 19.9. The third kappa shape index (κ3) is 7.43. The molecule has 1 aromatic carbocycles. The molecule has 0 atom stereocenters. The molecular formula is C29H31F3N8O2. The van der Waals surface area contributed by atoms with E-state index in [1.807, 2.05) is 44.1 Å². The number of likely N-dealkylation sites (N-methyl/N-ethyl adjacent to an activating group) is 2. The van der Waals surface area contributed by atoms with Crippen LogP contribution in [0.15, 0.2) is 73.7 Å². The summed E-state index contributed by atoms with van der Waals surface area (Å²) in [5.74, 6) is -0.986. The van der Waals surface area contributed by atoms with Crippen LogP contribution in [0.3, 0.4) is 0 Å². The average molecular weight is 581 g/mol. The number of rotatable bonds is 11. The molecule has 13 heteroatoms. The molecule has 42 heavy (non-hydrogen) atoms. The largest absolute Gasteiger partial charge is 0.573 e. The fourth-order valence-corrected chi connectivity index (χ4v) is 4.10. The predicted octanol–water partition coefficient (Wildman–Crippen LogP) is 5.42. The normalized spacial score (nSPS) is 11.7. The van der Waals surface area contributed by atoms with Crippen molar-refractivity contribution in [2.45, 2.75) is 13.3 Å². The number of carbonyl (C=O) groups is 1. The summed E-state index contributed by atoms with van der Waals surface area (Å²) in [4.78, 5) is 25.1. The van der Waals surface area contributed by atoms with E-state index in [0.29, 0.717) is 24.5 Å². The molecule has 4 aromatic rings. The van der Waals surface area contributed by atoms with Crippen LogP contribution in [0.2, 0.25) is 0 Å². The van der Waals surface area contributed by atoms with Crippen LogP contribution < -0.4 is 20.3 Å². The second kappa shape index (κ2) is 12.7. The zero-order valence-corrected chi connectivity index (χ0v) is 23.6. The van der Waals surface area contributed by atoms with E-state index in [-0.39, 0.29) is 17.3 Å². The van der Waals surface area contributed by atoms with E-state index in [2.05, 4.69) is 37.0 Å². The monoisotopic (exact) mass is 580 g/mol. The summed E-state index contributed by atoms with van der Waals surface area (Å²) in [5.41, 5.74) is 3.29. The number of nitrogens with one attached hydrogen (secondary N) is 2. The third-order valence-corrected chi connectivity index (χ3v) is 6.16. The minimum absolute atomic E-state index is 0.0236. The van der Waals surface area contributed by atoms with E-state index >= 15 is 0 Å². The first-order valence-electron chi connectivity index (χ1n) is 12.9. The Kier molecular flexibility index (Phi) is 9.11. The van der Waals surface area contributed by atoms with Crippen molar-refractivity contribution >= 4 is 34.4 Å². The molecule has 0 spiro atoms. The Labute approximate surface area is 241 Å². The van der Waals surface area contributed by atoms with Crippen molar-refractivity contribution < 1.29 is 22.7 Å². The van der Waals surface area contributed by atoms with Crippen molar-refractivity contribution in [3.63, 3.8) is 0 Å². The van der Waals surface area contributed by atoms with Gasteiger partial charge in [0, 0.05) is 50.2 Å². The van der Waals surface area contributed by atoms with Crippen LogP contribution in [0.5, 0.6) is 5.75 Å². The number of halogens is 3.